The van der Waals surface area contributed by atoms with Gasteiger partial charge in [-0.25, -0.2) is 4.68 Å². The Balaban J connectivity index is 1.28. The van der Waals surface area contributed by atoms with E-state index in [1.165, 1.54) is 0 Å². The first-order chi connectivity index (χ1) is 15.6. The average Bonchev–Trinajstić information content (AvgIpc) is 3.26. The predicted molar refractivity (Wildman–Crippen MR) is 120 cm³/mol. The Kier molecular flexibility index (Phi) is 5.64. The van der Waals surface area contributed by atoms with Crippen LogP contribution in [0.25, 0.3) is 16.7 Å². The van der Waals surface area contributed by atoms with Gasteiger partial charge in [-0.3, -0.25) is 9.59 Å². The first-order valence-electron chi connectivity index (χ1n) is 11.5. The van der Waals surface area contributed by atoms with Crippen molar-refractivity contribution in [3.05, 3.63) is 54.1 Å². The maximum absolute atomic E-state index is 13.1. The number of carbonyl (C=O) groups excluding carboxylic acids is 1. The quantitative estimate of drug-likeness (QED) is 0.662. The molecule has 0 bridgehead atoms. The number of piperidine rings is 1. The van der Waals surface area contributed by atoms with E-state index in [2.05, 4.69) is 16.4 Å². The Bertz CT molecular complexity index is 1140. The van der Waals surface area contributed by atoms with Crippen LogP contribution in [-0.2, 0) is 16.0 Å². The number of nitrogens with zero attached hydrogens (tertiary/aromatic N) is 4. The number of aliphatic carboxylic acids is 1. The molecule has 2 fully saturated rings. The van der Waals surface area contributed by atoms with Crippen molar-refractivity contribution in [1.29, 1.82) is 0 Å². The summed E-state index contributed by atoms with van der Waals surface area (Å²) in [6.07, 6.45) is 5.63. The SMILES string of the molecule is O=C(O)C1CCN(C(=O)CCc2cccc(-n3nnc4ccccc43)c2)C2CCCCC12. The van der Waals surface area contributed by atoms with E-state index in [-0.39, 0.29) is 23.8 Å². The van der Waals surface area contributed by atoms with Gasteiger partial charge in [-0.1, -0.05) is 42.3 Å². The molecule has 1 aromatic heterocycles. The maximum atomic E-state index is 13.1. The fraction of sp³-hybridized carbons (Fsp3) is 0.440. The minimum atomic E-state index is -0.702. The van der Waals surface area contributed by atoms with Crippen LogP contribution < -0.4 is 0 Å². The second-order valence-electron chi connectivity index (χ2n) is 9.00. The van der Waals surface area contributed by atoms with E-state index in [1.54, 1.807) is 0 Å². The topological polar surface area (TPSA) is 88.3 Å². The van der Waals surface area contributed by atoms with Crippen molar-refractivity contribution in [2.24, 2.45) is 11.8 Å². The number of amides is 1. The summed E-state index contributed by atoms with van der Waals surface area (Å²) in [7, 11) is 0. The standard InChI is InChI=1S/C25H28N4O3/c30-24(28-15-14-20(25(31)32)19-8-1-3-10-22(19)28)13-12-17-6-5-7-18(16-17)29-23-11-4-2-9-21(23)26-27-29/h2,4-7,9,11,16,19-20,22H,1,3,8,10,12-15H2,(H,31,32). The normalized spacial score (nSPS) is 23.1. The molecule has 3 atom stereocenters. The molecule has 3 unspecified atom stereocenters. The van der Waals surface area contributed by atoms with Gasteiger partial charge >= 0.3 is 5.97 Å². The van der Waals surface area contributed by atoms with Gasteiger partial charge in [-0.05, 0) is 61.4 Å². The highest BCUT2D eigenvalue weighted by Gasteiger charge is 2.43. The van der Waals surface area contributed by atoms with Gasteiger partial charge < -0.3 is 10.0 Å². The molecule has 5 rings (SSSR count). The van der Waals surface area contributed by atoms with Crippen LogP contribution in [0.1, 0.15) is 44.1 Å². The zero-order valence-electron chi connectivity index (χ0n) is 18.1. The van der Waals surface area contributed by atoms with Crippen LogP contribution in [0.4, 0.5) is 0 Å². The van der Waals surface area contributed by atoms with Crippen molar-refractivity contribution in [2.45, 2.75) is 51.0 Å². The molecule has 2 aliphatic rings. The fourth-order valence-corrected chi connectivity index (χ4v) is 5.57. The van der Waals surface area contributed by atoms with Gasteiger partial charge in [0.05, 0.1) is 17.1 Å². The number of likely N-dealkylation sites (tertiary alicyclic amines) is 1. The number of carbonyl (C=O) groups is 2. The van der Waals surface area contributed by atoms with E-state index in [0.717, 1.165) is 48.0 Å². The number of rotatable bonds is 5. The van der Waals surface area contributed by atoms with E-state index in [9.17, 15) is 14.7 Å². The lowest BCUT2D eigenvalue weighted by Crippen LogP contribution is -2.54. The van der Waals surface area contributed by atoms with Gasteiger partial charge in [0.1, 0.15) is 5.52 Å². The summed E-state index contributed by atoms with van der Waals surface area (Å²) in [6, 6.07) is 16.0. The Labute approximate surface area is 187 Å². The van der Waals surface area contributed by atoms with Crippen LogP contribution in [0.3, 0.4) is 0 Å². The van der Waals surface area contributed by atoms with Gasteiger partial charge in [0.15, 0.2) is 0 Å². The third kappa shape index (κ3) is 3.87. The first-order valence-corrected chi connectivity index (χ1v) is 11.5. The highest BCUT2D eigenvalue weighted by Crippen LogP contribution is 2.39. The summed E-state index contributed by atoms with van der Waals surface area (Å²) < 4.78 is 1.82. The molecule has 0 radical (unpaired) electrons. The maximum Gasteiger partial charge on any atom is 0.306 e. The van der Waals surface area contributed by atoms with Gasteiger partial charge in [0, 0.05) is 19.0 Å². The number of carboxylic acids is 1. The lowest BCUT2D eigenvalue weighted by atomic mass is 9.71. The van der Waals surface area contributed by atoms with Crippen LogP contribution in [0, 0.1) is 11.8 Å². The molecule has 3 aromatic rings. The van der Waals surface area contributed by atoms with E-state index in [4.69, 9.17) is 0 Å². The van der Waals surface area contributed by atoms with Crippen LogP contribution in [0.5, 0.6) is 0 Å². The number of carboxylic acid groups (broad SMARTS) is 1. The highest BCUT2D eigenvalue weighted by molar-refractivity contribution is 5.78. The molecule has 32 heavy (non-hydrogen) atoms. The largest absolute Gasteiger partial charge is 0.481 e. The molecular weight excluding hydrogens is 404 g/mol. The predicted octanol–water partition coefficient (Wildman–Crippen LogP) is 3.85. The summed E-state index contributed by atoms with van der Waals surface area (Å²) in [5.74, 6) is -0.768. The molecule has 0 spiro atoms. The molecule has 166 valence electrons. The average molecular weight is 433 g/mol. The molecule has 1 aliphatic heterocycles. The Morgan fingerprint density at radius 3 is 2.75 bits per heavy atom. The van der Waals surface area contributed by atoms with E-state index in [0.29, 0.717) is 25.8 Å². The van der Waals surface area contributed by atoms with Crippen molar-refractivity contribution in [2.75, 3.05) is 6.54 Å². The Hall–Kier alpha value is -3.22. The molecule has 1 aliphatic carbocycles. The van der Waals surface area contributed by atoms with Crippen LogP contribution >= 0.6 is 0 Å². The lowest BCUT2D eigenvalue weighted by Gasteiger charge is -2.47. The van der Waals surface area contributed by atoms with Gasteiger partial charge in [0.2, 0.25) is 5.91 Å². The lowest BCUT2D eigenvalue weighted by molar-refractivity contribution is -0.153. The number of hydrogen-bond acceptors (Lipinski definition) is 4. The molecule has 1 N–H and O–H groups in total. The molecule has 7 heteroatoms. The number of aryl methyl sites for hydroxylation is 1. The summed E-state index contributed by atoms with van der Waals surface area (Å²) in [6.45, 7) is 0.557. The highest BCUT2D eigenvalue weighted by atomic mass is 16.4. The Morgan fingerprint density at radius 2 is 1.88 bits per heavy atom. The summed E-state index contributed by atoms with van der Waals surface area (Å²) in [4.78, 5) is 26.8. The molecule has 1 amide bonds. The van der Waals surface area contributed by atoms with Crippen LogP contribution in [0.15, 0.2) is 48.5 Å². The van der Waals surface area contributed by atoms with Gasteiger partial charge in [0.25, 0.3) is 0 Å². The van der Waals surface area contributed by atoms with Crippen molar-refractivity contribution < 1.29 is 14.7 Å². The summed E-state index contributed by atoms with van der Waals surface area (Å²) in [5.41, 5.74) is 3.81. The fourth-order valence-electron chi connectivity index (χ4n) is 5.57. The summed E-state index contributed by atoms with van der Waals surface area (Å²) >= 11 is 0. The molecule has 1 saturated carbocycles. The number of benzene rings is 2. The zero-order chi connectivity index (χ0) is 22.1. The number of aromatic nitrogens is 3. The minimum absolute atomic E-state index is 0.0824. The van der Waals surface area contributed by atoms with Gasteiger partial charge in [-0.2, -0.15) is 0 Å². The molecule has 2 aromatic carbocycles. The molecular formula is C25H28N4O3. The van der Waals surface area contributed by atoms with Crippen LogP contribution in [0.2, 0.25) is 0 Å². The van der Waals surface area contributed by atoms with Crippen molar-refractivity contribution in [3.8, 4) is 5.69 Å². The number of fused-ring (bicyclic) bond motifs is 2. The molecule has 1 saturated heterocycles. The molecule has 7 nitrogen and oxygen atoms in total. The second kappa shape index (κ2) is 8.73. The minimum Gasteiger partial charge on any atom is -0.481 e. The third-order valence-corrected chi connectivity index (χ3v) is 7.15. The Morgan fingerprint density at radius 1 is 1.03 bits per heavy atom. The van der Waals surface area contributed by atoms with Crippen molar-refractivity contribution >= 4 is 22.9 Å². The number of para-hydroxylation sites is 1. The van der Waals surface area contributed by atoms with Crippen molar-refractivity contribution in [3.63, 3.8) is 0 Å². The van der Waals surface area contributed by atoms with Gasteiger partial charge in [-0.15, -0.1) is 5.10 Å². The monoisotopic (exact) mass is 432 g/mol. The van der Waals surface area contributed by atoms with E-state index in [1.807, 2.05) is 52.0 Å². The second-order valence-corrected chi connectivity index (χ2v) is 9.00. The van der Waals surface area contributed by atoms with E-state index >= 15 is 0 Å². The van der Waals surface area contributed by atoms with E-state index < -0.39 is 5.97 Å². The zero-order valence-corrected chi connectivity index (χ0v) is 18.1. The smallest absolute Gasteiger partial charge is 0.306 e. The first kappa shape index (κ1) is 20.7. The third-order valence-electron chi connectivity index (χ3n) is 7.15. The number of hydrogen-bond donors (Lipinski definition) is 1. The molecule has 2 heterocycles. The van der Waals surface area contributed by atoms with Crippen LogP contribution in [-0.4, -0.2) is 49.5 Å². The summed E-state index contributed by atoms with van der Waals surface area (Å²) in [5, 5.41) is 18.1. The van der Waals surface area contributed by atoms with Crippen molar-refractivity contribution in [1.82, 2.24) is 19.9 Å².